The number of morpholine rings is 1. The zero-order valence-electron chi connectivity index (χ0n) is 19.7. The predicted molar refractivity (Wildman–Crippen MR) is 131 cm³/mol. The smallest absolute Gasteiger partial charge is 0.242 e. The second kappa shape index (κ2) is 9.93. The van der Waals surface area contributed by atoms with Crippen molar-refractivity contribution in [2.24, 2.45) is 17.8 Å². The van der Waals surface area contributed by atoms with Gasteiger partial charge in [-0.1, -0.05) is 26.0 Å². The summed E-state index contributed by atoms with van der Waals surface area (Å²) in [6, 6.07) is 10.4. The molecule has 2 aliphatic heterocycles. The molecular formula is C26H31N5O3. The lowest BCUT2D eigenvalue weighted by Crippen LogP contribution is -2.36. The summed E-state index contributed by atoms with van der Waals surface area (Å²) in [6.07, 6.45) is 4.18. The molecule has 3 aromatic rings. The molecule has 4 heterocycles. The van der Waals surface area contributed by atoms with Gasteiger partial charge in [0, 0.05) is 49.2 Å². The SMILES string of the molecule is CCC1C(=O)NCC1C(C)COc1nc(-c2ccc(N3CCOCC3)cc2)cc2nccnc12. The number of benzene rings is 1. The van der Waals surface area contributed by atoms with E-state index in [9.17, 15) is 4.79 Å². The maximum absolute atomic E-state index is 12.1. The van der Waals surface area contributed by atoms with E-state index in [1.54, 1.807) is 12.4 Å². The third-order valence-corrected chi connectivity index (χ3v) is 6.98. The summed E-state index contributed by atoms with van der Waals surface area (Å²) in [5, 5.41) is 3.00. The topological polar surface area (TPSA) is 89.5 Å². The third kappa shape index (κ3) is 4.55. The number of carbonyl (C=O) groups is 1. The summed E-state index contributed by atoms with van der Waals surface area (Å²) in [4.78, 5) is 28.2. The Morgan fingerprint density at radius 3 is 2.71 bits per heavy atom. The highest BCUT2D eigenvalue weighted by Gasteiger charge is 2.36. The van der Waals surface area contributed by atoms with E-state index in [0.29, 0.717) is 24.5 Å². The van der Waals surface area contributed by atoms with Gasteiger partial charge >= 0.3 is 0 Å². The number of hydrogen-bond donors (Lipinski definition) is 1. The maximum Gasteiger partial charge on any atom is 0.242 e. The molecule has 0 aliphatic carbocycles. The molecule has 0 spiro atoms. The Bertz CT molecular complexity index is 1150. The lowest BCUT2D eigenvalue weighted by atomic mass is 9.84. The monoisotopic (exact) mass is 461 g/mol. The first-order valence-electron chi connectivity index (χ1n) is 12.1. The number of amides is 1. The van der Waals surface area contributed by atoms with Crippen molar-refractivity contribution in [2.75, 3.05) is 44.4 Å². The zero-order chi connectivity index (χ0) is 23.5. The number of fused-ring (bicyclic) bond motifs is 1. The summed E-state index contributed by atoms with van der Waals surface area (Å²) < 4.78 is 11.7. The average Bonchev–Trinajstić information content (AvgIpc) is 3.28. The molecule has 2 saturated heterocycles. The molecule has 1 aromatic carbocycles. The molecular weight excluding hydrogens is 430 g/mol. The summed E-state index contributed by atoms with van der Waals surface area (Å²) in [7, 11) is 0. The van der Waals surface area contributed by atoms with Gasteiger partial charge in [0.2, 0.25) is 11.8 Å². The van der Waals surface area contributed by atoms with Gasteiger partial charge < -0.3 is 19.7 Å². The van der Waals surface area contributed by atoms with E-state index >= 15 is 0 Å². The van der Waals surface area contributed by atoms with Crippen LogP contribution in [0.3, 0.4) is 0 Å². The highest BCUT2D eigenvalue weighted by Crippen LogP contribution is 2.31. The molecule has 3 unspecified atom stereocenters. The summed E-state index contributed by atoms with van der Waals surface area (Å²) in [5.41, 5.74) is 4.38. The molecule has 1 N–H and O–H groups in total. The van der Waals surface area contributed by atoms with Crippen LogP contribution >= 0.6 is 0 Å². The summed E-state index contributed by atoms with van der Waals surface area (Å²) >= 11 is 0. The first kappa shape index (κ1) is 22.5. The van der Waals surface area contributed by atoms with Crippen molar-refractivity contribution < 1.29 is 14.3 Å². The fourth-order valence-electron chi connectivity index (χ4n) is 4.96. The van der Waals surface area contributed by atoms with E-state index in [2.05, 4.69) is 58.3 Å². The maximum atomic E-state index is 12.1. The van der Waals surface area contributed by atoms with Crippen LogP contribution in [0.5, 0.6) is 5.88 Å². The lowest BCUT2D eigenvalue weighted by molar-refractivity contribution is -0.123. The van der Waals surface area contributed by atoms with Gasteiger partial charge in [-0.25, -0.2) is 9.97 Å². The van der Waals surface area contributed by atoms with Gasteiger partial charge in [0.05, 0.1) is 31.0 Å². The number of hydrogen-bond acceptors (Lipinski definition) is 7. The van der Waals surface area contributed by atoms with Crippen molar-refractivity contribution in [2.45, 2.75) is 20.3 Å². The number of nitrogens with one attached hydrogen (secondary N) is 1. The largest absolute Gasteiger partial charge is 0.476 e. The van der Waals surface area contributed by atoms with Crippen LogP contribution in [0.1, 0.15) is 20.3 Å². The van der Waals surface area contributed by atoms with Crippen molar-refractivity contribution in [1.82, 2.24) is 20.3 Å². The van der Waals surface area contributed by atoms with Gasteiger partial charge in [-0.2, -0.15) is 0 Å². The Kier molecular flexibility index (Phi) is 6.58. The highest BCUT2D eigenvalue weighted by atomic mass is 16.5. The molecule has 0 radical (unpaired) electrons. The fourth-order valence-corrected chi connectivity index (χ4v) is 4.96. The van der Waals surface area contributed by atoms with E-state index < -0.39 is 0 Å². The van der Waals surface area contributed by atoms with Crippen molar-refractivity contribution in [3.63, 3.8) is 0 Å². The molecule has 2 fully saturated rings. The van der Waals surface area contributed by atoms with E-state index in [4.69, 9.17) is 14.5 Å². The van der Waals surface area contributed by atoms with Gasteiger partial charge in [0.25, 0.3) is 0 Å². The number of ether oxygens (including phenoxy) is 2. The minimum atomic E-state index is 0.0411. The molecule has 1 amide bonds. The molecule has 178 valence electrons. The second-order valence-electron chi connectivity index (χ2n) is 9.10. The molecule has 2 aromatic heterocycles. The Hall–Kier alpha value is -3.26. The van der Waals surface area contributed by atoms with Crippen molar-refractivity contribution >= 4 is 22.6 Å². The van der Waals surface area contributed by atoms with E-state index in [1.165, 1.54) is 5.69 Å². The molecule has 3 atom stereocenters. The standard InChI is InChI=1S/C26H31N5O3/c1-3-20-21(15-29-25(20)32)17(2)16-34-26-24-23(27-8-9-28-24)14-22(30-26)18-4-6-19(7-5-18)31-10-12-33-13-11-31/h4-9,14,17,20-21H,3,10-13,15-16H2,1-2H3,(H,29,32). The molecule has 0 bridgehead atoms. The van der Waals surface area contributed by atoms with Crippen molar-refractivity contribution in [3.05, 3.63) is 42.7 Å². The van der Waals surface area contributed by atoms with E-state index in [-0.39, 0.29) is 23.7 Å². The molecule has 34 heavy (non-hydrogen) atoms. The second-order valence-corrected chi connectivity index (χ2v) is 9.10. The lowest BCUT2D eigenvalue weighted by Gasteiger charge is -2.28. The van der Waals surface area contributed by atoms with Crippen molar-refractivity contribution in [1.29, 1.82) is 0 Å². The third-order valence-electron chi connectivity index (χ3n) is 6.98. The fraction of sp³-hybridized carbons (Fsp3) is 0.462. The summed E-state index contributed by atoms with van der Waals surface area (Å²) in [6.45, 7) is 8.69. The number of aromatic nitrogens is 3. The predicted octanol–water partition coefficient (Wildman–Crippen LogP) is 3.32. The van der Waals surface area contributed by atoms with Gasteiger partial charge in [-0.05, 0) is 36.5 Å². The number of rotatable bonds is 7. The molecule has 0 saturated carbocycles. The van der Waals surface area contributed by atoms with Gasteiger partial charge in [-0.15, -0.1) is 0 Å². The Labute approximate surface area is 199 Å². The minimum absolute atomic E-state index is 0.0411. The molecule has 5 rings (SSSR count). The summed E-state index contributed by atoms with van der Waals surface area (Å²) in [5.74, 6) is 1.13. The van der Waals surface area contributed by atoms with Crippen LogP contribution in [-0.4, -0.2) is 60.3 Å². The average molecular weight is 462 g/mol. The van der Waals surface area contributed by atoms with Crippen LogP contribution < -0.4 is 15.0 Å². The van der Waals surface area contributed by atoms with Crippen LogP contribution in [-0.2, 0) is 9.53 Å². The number of carbonyl (C=O) groups excluding carboxylic acids is 1. The minimum Gasteiger partial charge on any atom is -0.476 e. The van der Waals surface area contributed by atoms with Crippen LogP contribution in [0.2, 0.25) is 0 Å². The van der Waals surface area contributed by atoms with E-state index in [0.717, 1.165) is 49.5 Å². The van der Waals surface area contributed by atoms with E-state index in [1.807, 2.05) is 6.07 Å². The Morgan fingerprint density at radius 1 is 1.18 bits per heavy atom. The number of pyridine rings is 1. The van der Waals surface area contributed by atoms with Crippen LogP contribution in [0.25, 0.3) is 22.3 Å². The van der Waals surface area contributed by atoms with Gasteiger partial charge in [0.1, 0.15) is 0 Å². The Morgan fingerprint density at radius 2 is 1.94 bits per heavy atom. The quantitative estimate of drug-likeness (QED) is 0.577. The number of anilines is 1. The van der Waals surface area contributed by atoms with Crippen LogP contribution in [0, 0.1) is 17.8 Å². The number of nitrogens with zero attached hydrogens (tertiary/aromatic N) is 4. The zero-order valence-corrected chi connectivity index (χ0v) is 19.7. The van der Waals surface area contributed by atoms with Crippen LogP contribution in [0.4, 0.5) is 5.69 Å². The molecule has 8 nitrogen and oxygen atoms in total. The first-order valence-corrected chi connectivity index (χ1v) is 12.1. The Balaban J connectivity index is 1.38. The van der Waals surface area contributed by atoms with Crippen LogP contribution in [0.15, 0.2) is 42.7 Å². The van der Waals surface area contributed by atoms with Gasteiger partial charge in [0.15, 0.2) is 5.52 Å². The highest BCUT2D eigenvalue weighted by molar-refractivity contribution is 5.83. The first-order chi connectivity index (χ1) is 16.6. The van der Waals surface area contributed by atoms with Crippen molar-refractivity contribution in [3.8, 4) is 17.1 Å². The van der Waals surface area contributed by atoms with Gasteiger partial charge in [-0.3, -0.25) is 9.78 Å². The normalized spacial score (nSPS) is 21.5. The molecule has 8 heteroatoms. The molecule has 2 aliphatic rings.